The van der Waals surface area contributed by atoms with Crippen molar-refractivity contribution >= 4 is 21.6 Å². The molecule has 4 nitrogen and oxygen atoms in total. The molecule has 1 N–H and O–H groups in total. The van der Waals surface area contributed by atoms with Crippen LogP contribution >= 0.6 is 11.6 Å². The van der Waals surface area contributed by atoms with E-state index in [4.69, 9.17) is 11.6 Å². The summed E-state index contributed by atoms with van der Waals surface area (Å²) in [4.78, 5) is 2.14. The minimum atomic E-state index is -3.60. The minimum Gasteiger partial charge on any atom is -0.296 e. The summed E-state index contributed by atoms with van der Waals surface area (Å²) in [7, 11) is -3.60. The fourth-order valence-corrected chi connectivity index (χ4v) is 4.34. The van der Waals surface area contributed by atoms with Gasteiger partial charge in [0.05, 0.1) is 5.75 Å². The molecule has 0 saturated heterocycles. The number of likely N-dealkylation sites (N-methyl/N-ethyl adjacent to an activating group) is 1. The molecule has 7 heteroatoms. The fourth-order valence-electron chi connectivity index (χ4n) is 2.95. The molecular weight excluding hydrogens is 375 g/mol. The average molecular weight is 399 g/mol. The van der Waals surface area contributed by atoms with Gasteiger partial charge in [-0.3, -0.25) is 4.90 Å². The summed E-state index contributed by atoms with van der Waals surface area (Å²) in [6.45, 7) is 5.77. The fraction of sp³-hybridized carbons (Fsp3) is 0.368. The van der Waals surface area contributed by atoms with E-state index in [1.807, 2.05) is 32.0 Å². The SMILES string of the molecule is CCN(CC)C(CNS(=O)(=O)Cc1cccc(F)c1)c1ccccc1Cl. The highest BCUT2D eigenvalue weighted by atomic mass is 35.5. The molecule has 0 amide bonds. The molecule has 26 heavy (non-hydrogen) atoms. The average Bonchev–Trinajstić information content (AvgIpc) is 2.59. The van der Waals surface area contributed by atoms with Gasteiger partial charge in [-0.05, 0) is 42.4 Å². The van der Waals surface area contributed by atoms with Gasteiger partial charge in [-0.2, -0.15) is 0 Å². The van der Waals surface area contributed by atoms with Crippen LogP contribution < -0.4 is 4.72 Å². The van der Waals surface area contributed by atoms with Gasteiger partial charge in [0.1, 0.15) is 5.82 Å². The zero-order chi connectivity index (χ0) is 19.2. The Hall–Kier alpha value is -1.47. The van der Waals surface area contributed by atoms with E-state index < -0.39 is 15.8 Å². The number of hydrogen-bond donors (Lipinski definition) is 1. The third-order valence-corrected chi connectivity index (χ3v) is 5.92. The van der Waals surface area contributed by atoms with Crippen molar-refractivity contribution in [3.63, 3.8) is 0 Å². The second-order valence-electron chi connectivity index (χ2n) is 6.00. The number of sulfonamides is 1. The monoisotopic (exact) mass is 398 g/mol. The van der Waals surface area contributed by atoms with E-state index in [-0.39, 0.29) is 18.3 Å². The Morgan fingerprint density at radius 3 is 2.42 bits per heavy atom. The summed E-state index contributed by atoms with van der Waals surface area (Å²) in [5, 5.41) is 0.605. The Morgan fingerprint density at radius 1 is 1.12 bits per heavy atom. The molecule has 2 rings (SSSR count). The lowest BCUT2D eigenvalue weighted by molar-refractivity contribution is 0.220. The van der Waals surface area contributed by atoms with Crippen molar-refractivity contribution in [2.45, 2.75) is 25.6 Å². The van der Waals surface area contributed by atoms with Gasteiger partial charge in [-0.1, -0.05) is 55.8 Å². The molecule has 0 aliphatic rings. The maximum absolute atomic E-state index is 13.3. The second kappa shape index (κ2) is 9.46. The Kier molecular flexibility index (Phi) is 7.58. The standard InChI is InChI=1S/C19H24ClFN2O2S/c1-3-23(4-2)19(17-10-5-6-11-18(17)20)13-22-26(24,25)14-15-8-7-9-16(21)12-15/h5-12,19,22H,3-4,13-14H2,1-2H3. The van der Waals surface area contributed by atoms with Gasteiger partial charge in [-0.25, -0.2) is 17.5 Å². The number of nitrogens with zero attached hydrogens (tertiary/aromatic N) is 1. The smallest absolute Gasteiger partial charge is 0.215 e. The van der Waals surface area contributed by atoms with Crippen molar-refractivity contribution in [2.75, 3.05) is 19.6 Å². The first kappa shape index (κ1) is 20.8. The first-order valence-electron chi connectivity index (χ1n) is 8.56. The van der Waals surface area contributed by atoms with Crippen LogP contribution in [0, 0.1) is 5.82 Å². The number of hydrogen-bond acceptors (Lipinski definition) is 3. The van der Waals surface area contributed by atoms with E-state index in [9.17, 15) is 12.8 Å². The number of benzene rings is 2. The summed E-state index contributed by atoms with van der Waals surface area (Å²) < 4.78 is 40.8. The summed E-state index contributed by atoms with van der Waals surface area (Å²) in [5.74, 6) is -0.715. The molecule has 1 atom stereocenters. The molecule has 0 aliphatic carbocycles. The third-order valence-electron chi connectivity index (χ3n) is 4.26. The lowest BCUT2D eigenvalue weighted by Gasteiger charge is -2.30. The molecular formula is C19H24ClFN2O2S. The predicted octanol–water partition coefficient (Wildman–Crippen LogP) is 3.98. The zero-order valence-electron chi connectivity index (χ0n) is 15.0. The lowest BCUT2D eigenvalue weighted by Crippen LogP contribution is -2.38. The van der Waals surface area contributed by atoms with Crippen LogP contribution in [-0.2, 0) is 15.8 Å². The predicted molar refractivity (Wildman–Crippen MR) is 104 cm³/mol. The van der Waals surface area contributed by atoms with E-state index >= 15 is 0 Å². The Labute approximate surface area is 160 Å². The molecule has 0 radical (unpaired) electrons. The van der Waals surface area contributed by atoms with Gasteiger partial charge >= 0.3 is 0 Å². The van der Waals surface area contributed by atoms with Crippen molar-refractivity contribution in [3.8, 4) is 0 Å². The molecule has 0 aromatic heterocycles. The van der Waals surface area contributed by atoms with E-state index in [1.165, 1.54) is 18.2 Å². The van der Waals surface area contributed by atoms with E-state index in [2.05, 4.69) is 9.62 Å². The Balaban J connectivity index is 2.16. The lowest BCUT2D eigenvalue weighted by atomic mass is 10.1. The molecule has 2 aromatic carbocycles. The van der Waals surface area contributed by atoms with Crippen LogP contribution in [0.2, 0.25) is 5.02 Å². The number of rotatable bonds is 9. The van der Waals surface area contributed by atoms with Gasteiger partial charge in [0.25, 0.3) is 0 Å². The molecule has 142 valence electrons. The van der Waals surface area contributed by atoms with Gasteiger partial charge in [-0.15, -0.1) is 0 Å². The van der Waals surface area contributed by atoms with Crippen molar-refractivity contribution < 1.29 is 12.8 Å². The molecule has 2 aromatic rings. The van der Waals surface area contributed by atoms with Gasteiger partial charge in [0.2, 0.25) is 10.0 Å². The van der Waals surface area contributed by atoms with Crippen LogP contribution in [-0.4, -0.2) is 33.0 Å². The van der Waals surface area contributed by atoms with Crippen molar-refractivity contribution in [2.24, 2.45) is 0 Å². The van der Waals surface area contributed by atoms with Gasteiger partial charge in [0.15, 0.2) is 0 Å². The van der Waals surface area contributed by atoms with Crippen molar-refractivity contribution in [3.05, 3.63) is 70.5 Å². The molecule has 0 saturated carbocycles. The van der Waals surface area contributed by atoms with Crippen molar-refractivity contribution in [1.29, 1.82) is 0 Å². The maximum atomic E-state index is 13.3. The summed E-state index contributed by atoms with van der Waals surface area (Å²) in [6, 6.07) is 12.9. The highest BCUT2D eigenvalue weighted by molar-refractivity contribution is 7.88. The zero-order valence-corrected chi connectivity index (χ0v) is 16.5. The maximum Gasteiger partial charge on any atom is 0.215 e. The highest BCUT2D eigenvalue weighted by Gasteiger charge is 2.23. The molecule has 0 aliphatic heterocycles. The van der Waals surface area contributed by atoms with Gasteiger partial charge < -0.3 is 0 Å². The number of halogens is 2. The third kappa shape index (κ3) is 5.77. The minimum absolute atomic E-state index is 0.180. The van der Waals surface area contributed by atoms with Crippen LogP contribution in [0.25, 0.3) is 0 Å². The summed E-state index contributed by atoms with van der Waals surface area (Å²) in [6.07, 6.45) is 0. The van der Waals surface area contributed by atoms with Crippen LogP contribution in [0.5, 0.6) is 0 Å². The summed E-state index contributed by atoms with van der Waals surface area (Å²) >= 11 is 6.33. The molecule has 1 unspecified atom stereocenters. The first-order valence-corrected chi connectivity index (χ1v) is 10.6. The van der Waals surface area contributed by atoms with E-state index in [1.54, 1.807) is 12.1 Å². The van der Waals surface area contributed by atoms with Crippen molar-refractivity contribution in [1.82, 2.24) is 9.62 Å². The second-order valence-corrected chi connectivity index (χ2v) is 8.21. The molecule has 0 fully saturated rings. The van der Waals surface area contributed by atoms with Crippen LogP contribution in [0.3, 0.4) is 0 Å². The quantitative estimate of drug-likeness (QED) is 0.695. The highest BCUT2D eigenvalue weighted by Crippen LogP contribution is 2.27. The molecule has 0 heterocycles. The number of nitrogens with one attached hydrogen (secondary N) is 1. The first-order chi connectivity index (χ1) is 12.4. The molecule has 0 spiro atoms. The van der Waals surface area contributed by atoms with Gasteiger partial charge in [0, 0.05) is 17.6 Å². The summed E-state index contributed by atoms with van der Waals surface area (Å²) in [5.41, 5.74) is 1.29. The van der Waals surface area contributed by atoms with E-state index in [0.29, 0.717) is 10.6 Å². The van der Waals surface area contributed by atoms with Crippen LogP contribution in [0.4, 0.5) is 4.39 Å². The largest absolute Gasteiger partial charge is 0.296 e. The normalized spacial score (nSPS) is 13.1. The van der Waals surface area contributed by atoms with E-state index in [0.717, 1.165) is 18.7 Å². The van der Waals surface area contributed by atoms with Crippen LogP contribution in [0.15, 0.2) is 48.5 Å². The topological polar surface area (TPSA) is 49.4 Å². The van der Waals surface area contributed by atoms with Crippen LogP contribution in [0.1, 0.15) is 31.0 Å². The Bertz CT molecular complexity index is 826. The molecule has 0 bridgehead atoms. The Morgan fingerprint density at radius 2 is 1.81 bits per heavy atom.